The summed E-state index contributed by atoms with van der Waals surface area (Å²) < 4.78 is 0. The van der Waals surface area contributed by atoms with Crippen LogP contribution in [0.2, 0.25) is 10.0 Å². The molecule has 0 bridgehead atoms. The number of carbonyl (C=O) groups is 3. The first-order valence-corrected chi connectivity index (χ1v) is 6.96. The number of imide groups is 1. The second-order valence-electron chi connectivity index (χ2n) is 4.38. The van der Waals surface area contributed by atoms with Crippen LogP contribution >= 0.6 is 35.4 Å². The molecule has 0 N–H and O–H groups in total. The molecule has 7 heteroatoms. The third-order valence-electron chi connectivity index (χ3n) is 2.92. The highest BCUT2D eigenvalue weighted by atomic mass is 35.5. The normalized spacial score (nSPS) is 18.5. The van der Waals surface area contributed by atoms with Crippen molar-refractivity contribution in [1.29, 1.82) is 0 Å². The maximum absolute atomic E-state index is 12.2. The Morgan fingerprint density at radius 1 is 1.30 bits per heavy atom. The van der Waals surface area contributed by atoms with Crippen molar-refractivity contribution in [3.8, 4) is 0 Å². The molecule has 0 spiro atoms. The molecule has 1 aliphatic heterocycles. The Morgan fingerprint density at radius 2 is 1.90 bits per heavy atom. The van der Waals surface area contributed by atoms with Gasteiger partial charge < -0.3 is 0 Å². The third kappa shape index (κ3) is 3.06. The van der Waals surface area contributed by atoms with E-state index in [0.717, 1.165) is 10.3 Å². The first kappa shape index (κ1) is 15.1. The van der Waals surface area contributed by atoms with E-state index in [1.807, 2.05) is 0 Å². The number of Topliss-reactive ketones (excluding diaryl/α,β-unsaturated/α-hetero) is 1. The van der Waals surface area contributed by atoms with E-state index in [2.05, 4.69) is 12.2 Å². The molecule has 1 aromatic rings. The minimum Gasteiger partial charge on any atom is -0.294 e. The van der Waals surface area contributed by atoms with E-state index < -0.39 is 11.8 Å². The van der Waals surface area contributed by atoms with Crippen LogP contribution in [0.1, 0.15) is 12.8 Å². The highest BCUT2D eigenvalue weighted by Crippen LogP contribution is 2.32. The lowest BCUT2D eigenvalue weighted by Crippen LogP contribution is -2.31. The van der Waals surface area contributed by atoms with Gasteiger partial charge in [-0.15, -0.1) is 0 Å². The molecule has 1 fully saturated rings. The van der Waals surface area contributed by atoms with Gasteiger partial charge in [0.15, 0.2) is 5.78 Å². The fourth-order valence-electron chi connectivity index (χ4n) is 2.08. The van der Waals surface area contributed by atoms with Gasteiger partial charge in [-0.3, -0.25) is 19.3 Å². The van der Waals surface area contributed by atoms with Crippen molar-refractivity contribution in [3.05, 3.63) is 28.2 Å². The number of thiocarbonyl (C=S) groups is 1. The monoisotopic (exact) mass is 329 g/mol. The standard InChI is InChI=1S/C13H9Cl2NO3S/c14-8-3-9(15)5-10(4-8)16-12(18)2-7(13(16)19)1-11(17)6-20/h3-7H,1-2H2. The molecule has 0 aliphatic carbocycles. The Bertz CT molecular complexity index is 597. The average Bonchev–Trinajstić information content (AvgIpc) is 2.63. The molecule has 2 rings (SSSR count). The number of nitrogens with zero attached hydrogens (tertiary/aromatic N) is 1. The van der Waals surface area contributed by atoms with E-state index >= 15 is 0 Å². The first-order chi connectivity index (χ1) is 9.42. The highest BCUT2D eigenvalue weighted by Gasteiger charge is 2.40. The van der Waals surface area contributed by atoms with Gasteiger partial charge in [-0.2, -0.15) is 0 Å². The number of carbonyl (C=O) groups excluding carboxylic acids is 3. The lowest BCUT2D eigenvalue weighted by Gasteiger charge is -2.15. The van der Waals surface area contributed by atoms with Gasteiger partial charge in [0, 0.05) is 28.3 Å². The molecule has 1 unspecified atom stereocenters. The summed E-state index contributed by atoms with van der Waals surface area (Å²) in [5.74, 6) is -1.82. The third-order valence-corrected chi connectivity index (χ3v) is 3.62. The van der Waals surface area contributed by atoms with Crippen molar-refractivity contribution in [2.45, 2.75) is 12.8 Å². The summed E-state index contributed by atoms with van der Waals surface area (Å²) in [6.45, 7) is 0. The second kappa shape index (κ2) is 5.99. The SMILES string of the molecule is O=C(C=S)CC1CC(=O)N(c2cc(Cl)cc(Cl)c2)C1=O. The van der Waals surface area contributed by atoms with Crippen LogP contribution in [0, 0.1) is 5.92 Å². The topological polar surface area (TPSA) is 54.5 Å². The zero-order valence-electron chi connectivity index (χ0n) is 10.1. The first-order valence-electron chi connectivity index (χ1n) is 5.73. The summed E-state index contributed by atoms with van der Waals surface area (Å²) >= 11 is 16.2. The largest absolute Gasteiger partial charge is 0.294 e. The number of ketones is 1. The number of anilines is 1. The number of hydrogen-bond acceptors (Lipinski definition) is 4. The Hall–Kier alpha value is -1.30. The van der Waals surface area contributed by atoms with Gasteiger partial charge in [-0.25, -0.2) is 0 Å². The molecule has 1 atom stereocenters. The Kier molecular flexibility index (Phi) is 4.52. The Balaban J connectivity index is 2.28. The van der Waals surface area contributed by atoms with Gasteiger partial charge in [0.05, 0.1) is 11.6 Å². The van der Waals surface area contributed by atoms with Crippen LogP contribution in [0.15, 0.2) is 18.2 Å². The Labute approximate surface area is 130 Å². The van der Waals surface area contributed by atoms with E-state index in [4.69, 9.17) is 23.2 Å². The van der Waals surface area contributed by atoms with Crippen molar-refractivity contribution in [2.75, 3.05) is 4.90 Å². The number of halogens is 2. The quantitative estimate of drug-likeness (QED) is 0.629. The van der Waals surface area contributed by atoms with Crippen molar-refractivity contribution in [1.82, 2.24) is 0 Å². The molecular formula is C13H9Cl2NO3S. The molecule has 2 amide bonds. The van der Waals surface area contributed by atoms with E-state index in [1.165, 1.54) is 18.2 Å². The smallest absolute Gasteiger partial charge is 0.237 e. The summed E-state index contributed by atoms with van der Waals surface area (Å²) in [6.07, 6.45) is -0.0727. The minimum atomic E-state index is -0.674. The van der Waals surface area contributed by atoms with Gasteiger partial charge in [-0.1, -0.05) is 35.4 Å². The average molecular weight is 330 g/mol. The van der Waals surface area contributed by atoms with Crippen LogP contribution in [-0.2, 0) is 14.4 Å². The fourth-order valence-corrected chi connectivity index (χ4v) is 2.70. The lowest BCUT2D eigenvalue weighted by atomic mass is 10.0. The highest BCUT2D eigenvalue weighted by molar-refractivity contribution is 7.80. The summed E-state index contributed by atoms with van der Waals surface area (Å²) in [6, 6.07) is 4.46. The summed E-state index contributed by atoms with van der Waals surface area (Å²) in [4.78, 5) is 36.5. The molecule has 20 heavy (non-hydrogen) atoms. The molecule has 0 radical (unpaired) electrons. The van der Waals surface area contributed by atoms with Crippen molar-refractivity contribution >= 4 is 64.1 Å². The van der Waals surface area contributed by atoms with E-state index in [9.17, 15) is 14.4 Å². The zero-order valence-corrected chi connectivity index (χ0v) is 12.5. The van der Waals surface area contributed by atoms with Gasteiger partial charge in [0.25, 0.3) is 0 Å². The molecule has 4 nitrogen and oxygen atoms in total. The number of rotatable bonds is 4. The number of benzene rings is 1. The van der Waals surface area contributed by atoms with Crippen molar-refractivity contribution in [3.63, 3.8) is 0 Å². The summed E-state index contributed by atoms with van der Waals surface area (Å²) in [7, 11) is 0. The summed E-state index contributed by atoms with van der Waals surface area (Å²) in [5, 5.41) is 1.63. The van der Waals surface area contributed by atoms with Gasteiger partial charge >= 0.3 is 0 Å². The maximum Gasteiger partial charge on any atom is 0.237 e. The van der Waals surface area contributed by atoms with Crippen molar-refractivity contribution < 1.29 is 14.4 Å². The van der Waals surface area contributed by atoms with Gasteiger partial charge in [0.1, 0.15) is 0 Å². The van der Waals surface area contributed by atoms with Crippen LogP contribution in [0.25, 0.3) is 0 Å². The van der Waals surface area contributed by atoms with Crippen LogP contribution in [0.3, 0.4) is 0 Å². The van der Waals surface area contributed by atoms with E-state index in [0.29, 0.717) is 15.7 Å². The molecule has 104 valence electrons. The van der Waals surface area contributed by atoms with Crippen LogP contribution in [0.4, 0.5) is 5.69 Å². The summed E-state index contributed by atoms with van der Waals surface area (Å²) in [5.41, 5.74) is 0.315. The van der Waals surface area contributed by atoms with Crippen LogP contribution < -0.4 is 4.90 Å². The molecule has 0 saturated carbocycles. The molecule has 1 aromatic carbocycles. The number of hydrogen-bond donors (Lipinski definition) is 0. The Morgan fingerprint density at radius 3 is 2.45 bits per heavy atom. The lowest BCUT2D eigenvalue weighted by molar-refractivity contribution is -0.124. The molecule has 1 saturated heterocycles. The van der Waals surface area contributed by atoms with Crippen LogP contribution in [-0.4, -0.2) is 23.0 Å². The van der Waals surface area contributed by atoms with E-state index in [-0.39, 0.29) is 24.5 Å². The number of amides is 2. The predicted octanol–water partition coefficient (Wildman–Crippen LogP) is 2.83. The van der Waals surface area contributed by atoms with Gasteiger partial charge in [0.2, 0.25) is 11.8 Å². The van der Waals surface area contributed by atoms with E-state index in [1.54, 1.807) is 0 Å². The van der Waals surface area contributed by atoms with Gasteiger partial charge in [-0.05, 0) is 18.2 Å². The van der Waals surface area contributed by atoms with Crippen LogP contribution in [0.5, 0.6) is 0 Å². The fraction of sp³-hybridized carbons (Fsp3) is 0.231. The molecular weight excluding hydrogens is 321 g/mol. The molecule has 1 heterocycles. The maximum atomic E-state index is 12.2. The zero-order chi connectivity index (χ0) is 14.9. The second-order valence-corrected chi connectivity index (χ2v) is 5.49. The predicted molar refractivity (Wildman–Crippen MR) is 80.3 cm³/mol. The minimum absolute atomic E-state index is 0.0160. The molecule has 0 aromatic heterocycles. The van der Waals surface area contributed by atoms with Crippen molar-refractivity contribution in [2.24, 2.45) is 5.92 Å². The molecule has 1 aliphatic rings.